The number of sulfonamides is 1. The van der Waals surface area contributed by atoms with E-state index in [4.69, 9.17) is 0 Å². The minimum atomic E-state index is -3.65. The highest BCUT2D eigenvalue weighted by atomic mass is 32.2. The third kappa shape index (κ3) is 4.87. The van der Waals surface area contributed by atoms with E-state index in [1.54, 1.807) is 29.2 Å². The topological polar surface area (TPSA) is 95.6 Å². The van der Waals surface area contributed by atoms with Crippen LogP contribution in [0.4, 0.5) is 11.4 Å². The summed E-state index contributed by atoms with van der Waals surface area (Å²) in [6.45, 7) is 4.24. The summed E-state index contributed by atoms with van der Waals surface area (Å²) >= 11 is 0. The summed E-state index contributed by atoms with van der Waals surface area (Å²) in [7, 11) is -3.65. The summed E-state index contributed by atoms with van der Waals surface area (Å²) < 4.78 is 26.6. The van der Waals surface area contributed by atoms with Crippen molar-refractivity contribution < 1.29 is 18.0 Å². The van der Waals surface area contributed by atoms with Gasteiger partial charge in [0.05, 0.1) is 4.90 Å². The Balaban J connectivity index is 1.41. The maximum Gasteiger partial charge on any atom is 0.258 e. The van der Waals surface area contributed by atoms with Gasteiger partial charge in [0.2, 0.25) is 10.0 Å². The number of amides is 2. The Bertz CT molecular complexity index is 1300. The SMILES string of the molecule is C=CCNS(=O)(=O)c1ccc(C(=O)Nc2ccc(C(=O)N3CCc4ccccc43)cc2)cc1. The van der Waals surface area contributed by atoms with E-state index in [-0.39, 0.29) is 23.3 Å². The smallest absolute Gasteiger partial charge is 0.258 e. The Hall–Kier alpha value is -3.75. The molecule has 8 heteroatoms. The molecule has 2 amide bonds. The zero-order valence-corrected chi connectivity index (χ0v) is 18.6. The van der Waals surface area contributed by atoms with Crippen molar-refractivity contribution in [3.05, 3.63) is 102 Å². The number of para-hydroxylation sites is 1. The van der Waals surface area contributed by atoms with Gasteiger partial charge in [-0.1, -0.05) is 24.3 Å². The molecule has 0 aliphatic carbocycles. The molecule has 0 unspecified atom stereocenters. The molecule has 0 atom stereocenters. The number of benzene rings is 3. The first-order chi connectivity index (χ1) is 15.9. The average molecular weight is 462 g/mol. The van der Waals surface area contributed by atoms with E-state index >= 15 is 0 Å². The van der Waals surface area contributed by atoms with Gasteiger partial charge in [-0.25, -0.2) is 13.1 Å². The van der Waals surface area contributed by atoms with Crippen LogP contribution in [0.3, 0.4) is 0 Å². The molecular formula is C25H23N3O4S. The summed E-state index contributed by atoms with van der Waals surface area (Å²) in [6.07, 6.45) is 2.28. The molecule has 0 fully saturated rings. The van der Waals surface area contributed by atoms with E-state index in [2.05, 4.69) is 16.6 Å². The van der Waals surface area contributed by atoms with Crippen molar-refractivity contribution in [2.45, 2.75) is 11.3 Å². The summed E-state index contributed by atoms with van der Waals surface area (Å²) in [6, 6.07) is 20.2. The van der Waals surface area contributed by atoms with E-state index in [1.807, 2.05) is 24.3 Å². The Labute approximate surface area is 192 Å². The predicted molar refractivity (Wildman–Crippen MR) is 128 cm³/mol. The number of carbonyl (C=O) groups is 2. The first-order valence-corrected chi connectivity index (χ1v) is 11.9. The molecule has 0 saturated carbocycles. The van der Waals surface area contributed by atoms with Gasteiger partial charge < -0.3 is 10.2 Å². The van der Waals surface area contributed by atoms with Gasteiger partial charge in [-0.15, -0.1) is 6.58 Å². The van der Waals surface area contributed by atoms with Crippen LogP contribution >= 0.6 is 0 Å². The lowest BCUT2D eigenvalue weighted by atomic mass is 10.1. The molecule has 0 saturated heterocycles. The van der Waals surface area contributed by atoms with Gasteiger partial charge in [-0.2, -0.15) is 0 Å². The quantitative estimate of drug-likeness (QED) is 0.526. The van der Waals surface area contributed by atoms with E-state index in [0.717, 1.165) is 17.7 Å². The van der Waals surface area contributed by atoms with Gasteiger partial charge in [0.1, 0.15) is 0 Å². The zero-order chi connectivity index (χ0) is 23.4. The lowest BCUT2D eigenvalue weighted by molar-refractivity contribution is 0.0988. The maximum atomic E-state index is 12.9. The number of hydrogen-bond donors (Lipinski definition) is 2. The molecule has 0 bridgehead atoms. The van der Waals surface area contributed by atoms with Gasteiger partial charge >= 0.3 is 0 Å². The van der Waals surface area contributed by atoms with Crippen LogP contribution in [-0.4, -0.2) is 33.3 Å². The van der Waals surface area contributed by atoms with Crippen molar-refractivity contribution in [1.82, 2.24) is 4.72 Å². The minimum absolute atomic E-state index is 0.0623. The first kappa shape index (κ1) is 22.4. The summed E-state index contributed by atoms with van der Waals surface area (Å²) in [4.78, 5) is 27.3. The summed E-state index contributed by atoms with van der Waals surface area (Å²) in [5.41, 5.74) is 3.47. The molecule has 7 nitrogen and oxygen atoms in total. The van der Waals surface area contributed by atoms with E-state index < -0.39 is 10.0 Å². The van der Waals surface area contributed by atoms with Crippen LogP contribution in [0, 0.1) is 0 Å². The highest BCUT2D eigenvalue weighted by molar-refractivity contribution is 7.89. The fourth-order valence-corrected chi connectivity index (χ4v) is 4.64. The lowest BCUT2D eigenvalue weighted by Gasteiger charge is -2.17. The van der Waals surface area contributed by atoms with Crippen LogP contribution in [0.15, 0.2) is 90.3 Å². The lowest BCUT2D eigenvalue weighted by Crippen LogP contribution is -2.28. The van der Waals surface area contributed by atoms with Crippen molar-refractivity contribution >= 4 is 33.2 Å². The second kappa shape index (κ2) is 9.40. The Kier molecular flexibility index (Phi) is 6.39. The highest BCUT2D eigenvalue weighted by Crippen LogP contribution is 2.29. The van der Waals surface area contributed by atoms with Crippen LogP contribution in [0.5, 0.6) is 0 Å². The number of hydrogen-bond acceptors (Lipinski definition) is 4. The van der Waals surface area contributed by atoms with Crippen molar-refractivity contribution in [1.29, 1.82) is 0 Å². The number of rotatable bonds is 7. The summed E-state index contributed by atoms with van der Waals surface area (Å²) in [5.74, 6) is -0.467. The van der Waals surface area contributed by atoms with Crippen molar-refractivity contribution in [2.24, 2.45) is 0 Å². The second-order valence-electron chi connectivity index (χ2n) is 7.53. The normalized spacial score (nSPS) is 12.8. The van der Waals surface area contributed by atoms with Crippen LogP contribution < -0.4 is 14.9 Å². The van der Waals surface area contributed by atoms with Gasteiger partial charge in [-0.05, 0) is 66.6 Å². The number of nitrogens with one attached hydrogen (secondary N) is 2. The molecule has 2 N–H and O–H groups in total. The highest BCUT2D eigenvalue weighted by Gasteiger charge is 2.25. The van der Waals surface area contributed by atoms with Crippen LogP contribution in [0.25, 0.3) is 0 Å². The molecule has 33 heavy (non-hydrogen) atoms. The molecule has 1 heterocycles. The molecule has 168 valence electrons. The van der Waals surface area contributed by atoms with Gasteiger partial charge in [0, 0.05) is 35.6 Å². The van der Waals surface area contributed by atoms with Crippen LogP contribution in [0.1, 0.15) is 26.3 Å². The molecule has 0 radical (unpaired) electrons. The van der Waals surface area contributed by atoms with Crippen molar-refractivity contribution in [3.63, 3.8) is 0 Å². The number of fused-ring (bicyclic) bond motifs is 1. The van der Waals surface area contributed by atoms with Crippen molar-refractivity contribution in [3.8, 4) is 0 Å². The first-order valence-electron chi connectivity index (χ1n) is 10.4. The minimum Gasteiger partial charge on any atom is -0.322 e. The van der Waals surface area contributed by atoms with E-state index in [0.29, 0.717) is 23.4 Å². The maximum absolute atomic E-state index is 12.9. The standard InChI is InChI=1S/C25H23N3O4S/c1-2-16-26-33(31,32)22-13-9-19(10-14-22)24(29)27-21-11-7-20(8-12-21)25(30)28-17-15-18-5-3-4-6-23(18)28/h2-14,26H,1,15-17H2,(H,27,29). The molecule has 3 aromatic rings. The van der Waals surface area contributed by atoms with Gasteiger partial charge in [0.25, 0.3) is 11.8 Å². The third-order valence-corrected chi connectivity index (χ3v) is 6.81. The Morgan fingerprint density at radius 2 is 1.61 bits per heavy atom. The third-order valence-electron chi connectivity index (χ3n) is 5.37. The van der Waals surface area contributed by atoms with Gasteiger partial charge in [-0.3, -0.25) is 9.59 Å². The molecule has 0 aromatic heterocycles. The fourth-order valence-electron chi connectivity index (χ4n) is 3.64. The van der Waals surface area contributed by atoms with Gasteiger partial charge in [0.15, 0.2) is 0 Å². The number of anilines is 2. The second-order valence-corrected chi connectivity index (χ2v) is 9.30. The summed E-state index contributed by atoms with van der Waals surface area (Å²) in [5, 5.41) is 2.76. The predicted octanol–water partition coefficient (Wildman–Crippen LogP) is 3.61. The fraction of sp³-hybridized carbons (Fsp3) is 0.120. The average Bonchev–Trinajstić information content (AvgIpc) is 3.27. The molecular weight excluding hydrogens is 438 g/mol. The van der Waals surface area contributed by atoms with E-state index in [1.165, 1.54) is 30.3 Å². The molecule has 0 spiro atoms. The molecule has 4 rings (SSSR count). The van der Waals surface area contributed by atoms with E-state index in [9.17, 15) is 18.0 Å². The monoisotopic (exact) mass is 461 g/mol. The molecule has 1 aliphatic heterocycles. The van der Waals surface area contributed by atoms with Crippen LogP contribution in [0.2, 0.25) is 0 Å². The van der Waals surface area contributed by atoms with Crippen molar-refractivity contribution in [2.75, 3.05) is 23.3 Å². The zero-order valence-electron chi connectivity index (χ0n) is 17.8. The number of nitrogens with zero attached hydrogens (tertiary/aromatic N) is 1. The van der Waals surface area contributed by atoms with Crippen LogP contribution in [-0.2, 0) is 16.4 Å². The molecule has 1 aliphatic rings. The largest absolute Gasteiger partial charge is 0.322 e. The Morgan fingerprint density at radius 3 is 2.30 bits per heavy atom. The molecule has 3 aromatic carbocycles. The number of carbonyl (C=O) groups excluding carboxylic acids is 2. The Morgan fingerprint density at radius 1 is 0.939 bits per heavy atom.